The predicted molar refractivity (Wildman–Crippen MR) is 146 cm³/mol. The first kappa shape index (κ1) is 20.2. The van der Waals surface area contributed by atoms with Crippen molar-refractivity contribution in [2.24, 2.45) is 7.05 Å². The second kappa shape index (κ2) is 6.71. The van der Waals surface area contributed by atoms with E-state index in [9.17, 15) is 0 Å². The van der Waals surface area contributed by atoms with Gasteiger partial charge in [-0.1, -0.05) is 42.5 Å². The SMILES string of the molecule is [C-]#[N+]C(C)(C)Cc1ccc2c(c1)c1cc[n+](C)c3c4c(C)c5ccccc5c5cccc(c54)n2c13. The van der Waals surface area contributed by atoms with Crippen molar-refractivity contribution in [1.29, 1.82) is 0 Å². The van der Waals surface area contributed by atoms with E-state index in [1.807, 2.05) is 13.8 Å². The van der Waals surface area contributed by atoms with Gasteiger partial charge in [-0.2, -0.15) is 4.57 Å². The molecule has 3 nitrogen and oxygen atoms in total. The smallest absolute Gasteiger partial charge is 0.238 e. The third-order valence-corrected chi connectivity index (χ3v) is 7.82. The van der Waals surface area contributed by atoms with Crippen LogP contribution in [0.25, 0.3) is 64.6 Å². The average Bonchev–Trinajstić information content (AvgIpc) is 3.19. The molecule has 0 N–H and O–H groups in total. The number of hydrogen-bond donors (Lipinski definition) is 0. The molecule has 0 amide bonds. The fraction of sp³-hybridized carbons (Fsp3) is 0.188. The van der Waals surface area contributed by atoms with E-state index in [4.69, 9.17) is 6.57 Å². The Kier molecular flexibility index (Phi) is 3.88. The van der Waals surface area contributed by atoms with Gasteiger partial charge in [0.15, 0.2) is 6.20 Å². The Morgan fingerprint density at radius 3 is 2.40 bits per heavy atom. The molecule has 35 heavy (non-hydrogen) atoms. The molecule has 7 rings (SSSR count). The van der Waals surface area contributed by atoms with Crippen molar-refractivity contribution in [3.05, 3.63) is 95.5 Å². The molecule has 7 aromatic rings. The molecule has 0 spiro atoms. The first-order chi connectivity index (χ1) is 16.9. The lowest BCUT2D eigenvalue weighted by atomic mass is 9.92. The van der Waals surface area contributed by atoms with E-state index in [2.05, 4.69) is 101 Å². The zero-order chi connectivity index (χ0) is 24.1. The maximum atomic E-state index is 7.58. The van der Waals surface area contributed by atoms with Gasteiger partial charge in [0.25, 0.3) is 0 Å². The Labute approximate surface area is 204 Å². The van der Waals surface area contributed by atoms with E-state index in [1.54, 1.807) is 0 Å². The van der Waals surface area contributed by atoms with Gasteiger partial charge in [-0.05, 0) is 52.4 Å². The summed E-state index contributed by atoms with van der Waals surface area (Å²) < 4.78 is 4.75. The second-order valence-electron chi connectivity index (χ2n) is 10.6. The highest BCUT2D eigenvalue weighted by Crippen LogP contribution is 2.43. The highest BCUT2D eigenvalue weighted by atomic mass is 15.0. The van der Waals surface area contributed by atoms with E-state index in [1.165, 1.54) is 70.9 Å². The van der Waals surface area contributed by atoms with Crippen LogP contribution >= 0.6 is 0 Å². The maximum Gasteiger partial charge on any atom is 0.238 e. The molecule has 0 atom stereocenters. The van der Waals surface area contributed by atoms with Gasteiger partial charge >= 0.3 is 0 Å². The summed E-state index contributed by atoms with van der Waals surface area (Å²) >= 11 is 0. The molecule has 4 aromatic carbocycles. The molecule has 0 aliphatic rings. The summed E-state index contributed by atoms with van der Waals surface area (Å²) in [5.74, 6) is 0. The maximum absolute atomic E-state index is 7.58. The summed E-state index contributed by atoms with van der Waals surface area (Å²) in [5, 5.41) is 9.13. The zero-order valence-electron chi connectivity index (χ0n) is 20.5. The molecular formula is C32H26N3+. The lowest BCUT2D eigenvalue weighted by Crippen LogP contribution is -2.29. The Balaban J connectivity index is 1.76. The van der Waals surface area contributed by atoms with E-state index >= 15 is 0 Å². The highest BCUT2D eigenvalue weighted by molar-refractivity contribution is 6.30. The number of aryl methyl sites for hydroxylation is 2. The molecular weight excluding hydrogens is 426 g/mol. The summed E-state index contributed by atoms with van der Waals surface area (Å²) in [5.41, 5.74) is 7.15. The molecule has 0 saturated heterocycles. The molecule has 0 saturated carbocycles. The van der Waals surface area contributed by atoms with Crippen LogP contribution in [0.1, 0.15) is 25.0 Å². The largest absolute Gasteiger partial charge is 0.311 e. The van der Waals surface area contributed by atoms with E-state index in [-0.39, 0.29) is 0 Å². The standard InChI is InChI=1S/C32H26N3/c1-19-21-9-6-7-10-22(21)23-11-8-12-27-29(23)28(19)31-30-24(15-16-34(31)5)25-17-20(18-32(2,3)33-4)13-14-26(25)35(27)30/h6-17H,18H2,1-3,5H3/q+1. The lowest BCUT2D eigenvalue weighted by Gasteiger charge is -2.16. The molecule has 3 heterocycles. The Morgan fingerprint density at radius 2 is 1.60 bits per heavy atom. The Hall–Kier alpha value is -4.16. The minimum atomic E-state index is -0.406. The third kappa shape index (κ3) is 2.57. The number of fused-ring (bicyclic) bond motifs is 7. The minimum absolute atomic E-state index is 0.406. The molecule has 3 aromatic heterocycles. The van der Waals surface area contributed by atoms with Crippen LogP contribution in [-0.4, -0.2) is 9.94 Å². The van der Waals surface area contributed by atoms with Gasteiger partial charge < -0.3 is 9.25 Å². The number of aromatic nitrogens is 2. The molecule has 168 valence electrons. The van der Waals surface area contributed by atoms with Crippen LogP contribution in [0.3, 0.4) is 0 Å². The summed E-state index contributed by atoms with van der Waals surface area (Å²) in [4.78, 5) is 3.85. The molecule has 0 radical (unpaired) electrons. The highest BCUT2D eigenvalue weighted by Gasteiger charge is 2.27. The Bertz CT molecular complexity index is 2030. The van der Waals surface area contributed by atoms with Crippen molar-refractivity contribution in [2.45, 2.75) is 32.7 Å². The van der Waals surface area contributed by atoms with Crippen LogP contribution in [-0.2, 0) is 13.5 Å². The lowest BCUT2D eigenvalue weighted by molar-refractivity contribution is -0.644. The predicted octanol–water partition coefficient (Wildman–Crippen LogP) is 7.52. The van der Waals surface area contributed by atoms with Crippen molar-refractivity contribution in [2.75, 3.05) is 0 Å². The van der Waals surface area contributed by atoms with Gasteiger partial charge in [-0.15, -0.1) is 0 Å². The fourth-order valence-corrected chi connectivity index (χ4v) is 6.26. The monoisotopic (exact) mass is 452 g/mol. The van der Waals surface area contributed by atoms with E-state index in [0.717, 1.165) is 6.42 Å². The van der Waals surface area contributed by atoms with Crippen LogP contribution < -0.4 is 4.57 Å². The Morgan fingerprint density at radius 1 is 0.829 bits per heavy atom. The van der Waals surface area contributed by atoms with Gasteiger partial charge in [-0.3, -0.25) is 0 Å². The quantitative estimate of drug-likeness (QED) is 0.111. The summed E-state index contributed by atoms with van der Waals surface area (Å²) in [6.45, 7) is 13.9. The molecule has 3 heteroatoms. The van der Waals surface area contributed by atoms with Crippen LogP contribution in [0.5, 0.6) is 0 Å². The van der Waals surface area contributed by atoms with Crippen molar-refractivity contribution in [3.63, 3.8) is 0 Å². The van der Waals surface area contributed by atoms with Gasteiger partial charge in [0.2, 0.25) is 11.1 Å². The second-order valence-corrected chi connectivity index (χ2v) is 10.6. The van der Waals surface area contributed by atoms with Gasteiger partial charge in [-0.25, -0.2) is 6.57 Å². The van der Waals surface area contributed by atoms with E-state index in [0.29, 0.717) is 0 Å². The number of pyridine rings is 2. The number of rotatable bonds is 2. The first-order valence-electron chi connectivity index (χ1n) is 12.2. The minimum Gasteiger partial charge on any atom is -0.311 e. The summed E-state index contributed by atoms with van der Waals surface area (Å²) in [6, 6.07) is 24.5. The molecule has 0 unspecified atom stereocenters. The number of nitrogens with zero attached hydrogens (tertiary/aromatic N) is 3. The van der Waals surface area contributed by atoms with Crippen LogP contribution in [0.2, 0.25) is 0 Å². The third-order valence-electron chi connectivity index (χ3n) is 7.82. The molecule has 0 fully saturated rings. The molecule has 0 aliphatic heterocycles. The zero-order valence-corrected chi connectivity index (χ0v) is 20.5. The normalized spacial score (nSPS) is 12.7. The fourth-order valence-electron chi connectivity index (χ4n) is 6.26. The van der Waals surface area contributed by atoms with Crippen LogP contribution in [0.15, 0.2) is 72.9 Å². The van der Waals surface area contributed by atoms with Crippen molar-refractivity contribution in [1.82, 2.24) is 4.40 Å². The van der Waals surface area contributed by atoms with Gasteiger partial charge in [0.05, 0.1) is 22.8 Å². The van der Waals surface area contributed by atoms with Gasteiger partial charge in [0.1, 0.15) is 12.6 Å². The molecule has 0 bridgehead atoms. The molecule has 0 aliphatic carbocycles. The van der Waals surface area contributed by atoms with E-state index < -0.39 is 5.54 Å². The van der Waals surface area contributed by atoms with Crippen molar-refractivity contribution < 1.29 is 4.57 Å². The number of hydrogen-bond acceptors (Lipinski definition) is 0. The van der Waals surface area contributed by atoms with Crippen LogP contribution in [0.4, 0.5) is 0 Å². The summed E-state index contributed by atoms with van der Waals surface area (Å²) in [7, 11) is 2.16. The summed E-state index contributed by atoms with van der Waals surface area (Å²) in [6.07, 6.45) is 2.94. The van der Waals surface area contributed by atoms with Crippen molar-refractivity contribution in [3.8, 4) is 0 Å². The number of benzene rings is 4. The average molecular weight is 453 g/mol. The van der Waals surface area contributed by atoms with Crippen molar-refractivity contribution >= 4 is 59.8 Å². The van der Waals surface area contributed by atoms with Crippen LogP contribution in [0, 0.1) is 13.5 Å². The first-order valence-corrected chi connectivity index (χ1v) is 12.2. The van der Waals surface area contributed by atoms with Gasteiger partial charge in [0, 0.05) is 36.1 Å². The topological polar surface area (TPSA) is 12.7 Å².